The third kappa shape index (κ3) is 14.5. The van der Waals surface area contributed by atoms with E-state index in [2.05, 4.69) is 50.7 Å². The smallest absolute Gasteiger partial charge is 0.344 e. The van der Waals surface area contributed by atoms with Crippen molar-refractivity contribution in [1.82, 2.24) is 15.1 Å². The summed E-state index contributed by atoms with van der Waals surface area (Å²) < 4.78 is 16.3. The average Bonchev–Trinajstić information content (AvgIpc) is 3.82. The monoisotopic (exact) mass is 810 g/mol. The van der Waals surface area contributed by atoms with Crippen LogP contribution in [0.25, 0.3) is 10.9 Å². The molecule has 1 aliphatic heterocycles. The molecule has 318 valence electrons. The first-order valence-corrected chi connectivity index (χ1v) is 21.5. The van der Waals surface area contributed by atoms with E-state index in [0.717, 1.165) is 61.1 Å². The molecule has 0 unspecified atom stereocenters. The quantitative estimate of drug-likeness (QED) is 0.0306. The van der Waals surface area contributed by atoms with Crippen LogP contribution in [0.2, 0.25) is 0 Å². The zero-order chi connectivity index (χ0) is 41.2. The van der Waals surface area contributed by atoms with Crippen molar-refractivity contribution in [3.05, 3.63) is 102 Å². The van der Waals surface area contributed by atoms with E-state index in [-0.39, 0.29) is 44.0 Å². The maximum Gasteiger partial charge on any atom is 0.344 e. The highest BCUT2D eigenvalue weighted by Crippen LogP contribution is 2.38. The summed E-state index contributed by atoms with van der Waals surface area (Å²) in [6.07, 6.45) is 12.3. The Hall–Kier alpha value is -4.75. The molecule has 4 aromatic rings. The van der Waals surface area contributed by atoms with E-state index < -0.39 is 24.3 Å². The van der Waals surface area contributed by atoms with Gasteiger partial charge in [0.05, 0.1) is 43.2 Å². The fraction of sp³-hybridized carbons (Fsp3) is 0.511. The number of fused-ring (bicyclic) bond motifs is 1. The SMILES string of the molecule is O=C(CCCC=CC[C@@H]1[C@@H](CC[C@@H](O)CCc2ccccc2)[C@H](O)C[C@@H]1O)OCCCOC(=O)COc1cccc(CN2CCC[C@H](Nc3ccc4[nH]ncc4c3)C2)c1. The third-order valence-electron chi connectivity index (χ3n) is 11.6. The number of esters is 2. The van der Waals surface area contributed by atoms with Gasteiger partial charge in [-0.3, -0.25) is 14.8 Å². The molecule has 2 heterocycles. The first-order valence-electron chi connectivity index (χ1n) is 21.5. The fourth-order valence-corrected chi connectivity index (χ4v) is 8.41. The van der Waals surface area contributed by atoms with Gasteiger partial charge in [-0.2, -0.15) is 5.10 Å². The number of hydrogen-bond acceptors (Lipinski definition) is 11. The van der Waals surface area contributed by atoms with Crippen LogP contribution >= 0.6 is 0 Å². The van der Waals surface area contributed by atoms with Gasteiger partial charge in [0, 0.05) is 43.0 Å². The molecule has 0 amide bonds. The number of benzene rings is 3. The highest BCUT2D eigenvalue weighted by atomic mass is 16.6. The van der Waals surface area contributed by atoms with Crippen molar-refractivity contribution < 1.29 is 39.1 Å². The number of carbonyl (C=O) groups is 2. The molecule has 2 fully saturated rings. The number of piperidine rings is 1. The van der Waals surface area contributed by atoms with Crippen molar-refractivity contribution in [3.8, 4) is 5.75 Å². The lowest BCUT2D eigenvalue weighted by molar-refractivity contribution is -0.147. The number of nitrogens with one attached hydrogen (secondary N) is 2. The summed E-state index contributed by atoms with van der Waals surface area (Å²) in [5.41, 5.74) is 4.44. The summed E-state index contributed by atoms with van der Waals surface area (Å²) in [5, 5.41) is 43.6. The number of allylic oxidation sites excluding steroid dienone is 2. The Kier molecular flexibility index (Phi) is 17.2. The van der Waals surface area contributed by atoms with Crippen LogP contribution in [0.15, 0.2) is 91.1 Å². The van der Waals surface area contributed by atoms with Crippen molar-refractivity contribution in [2.24, 2.45) is 11.8 Å². The Balaban J connectivity index is 0.783. The van der Waals surface area contributed by atoms with Gasteiger partial charge in [-0.05, 0) is 124 Å². The highest BCUT2D eigenvalue weighted by molar-refractivity contribution is 5.81. The molecular weight excluding hydrogens is 749 g/mol. The van der Waals surface area contributed by atoms with Gasteiger partial charge in [-0.25, -0.2) is 4.79 Å². The summed E-state index contributed by atoms with van der Waals surface area (Å²) in [5.74, 6) is -0.262. The second-order valence-corrected chi connectivity index (χ2v) is 16.2. The summed E-state index contributed by atoms with van der Waals surface area (Å²) >= 11 is 0. The second-order valence-electron chi connectivity index (χ2n) is 16.2. The standard InChI is InChI=1S/C47H62N4O8/c52-39(20-18-34-11-4-3-5-12-34)21-22-42-41(44(53)29-45(42)54)16-6-1-2-7-17-46(55)57-25-10-26-58-47(56)33-59-40-15-8-13-35(27-40)31-51-24-9-14-38(32-51)49-37-19-23-43-36(28-37)30-48-50-43/h1,3-6,8,11-13,15,19,23,27-28,30,38-39,41-42,44-45,49,52-54H,2,7,9-10,14,16-18,20-22,24-26,29,31-33H2,(H,48,50)/t38-,39-,41+,42+,44-,45+/m0/s1. The molecule has 12 heteroatoms. The van der Waals surface area contributed by atoms with E-state index in [1.165, 1.54) is 5.56 Å². The Bertz CT molecular complexity index is 1900. The Morgan fingerprint density at radius 1 is 0.915 bits per heavy atom. The number of likely N-dealkylation sites (tertiary alicyclic amines) is 1. The molecule has 0 bridgehead atoms. The lowest BCUT2D eigenvalue weighted by Crippen LogP contribution is -2.41. The molecule has 12 nitrogen and oxygen atoms in total. The topological polar surface area (TPSA) is 166 Å². The van der Waals surface area contributed by atoms with Crippen LogP contribution < -0.4 is 10.1 Å². The minimum Gasteiger partial charge on any atom is -0.482 e. The van der Waals surface area contributed by atoms with Crippen molar-refractivity contribution >= 4 is 28.5 Å². The third-order valence-corrected chi connectivity index (χ3v) is 11.6. The number of rotatable bonds is 23. The largest absolute Gasteiger partial charge is 0.482 e. The molecule has 2 aliphatic rings. The Labute approximate surface area is 347 Å². The molecule has 0 spiro atoms. The average molecular weight is 811 g/mol. The number of H-pyrrole nitrogens is 1. The van der Waals surface area contributed by atoms with Gasteiger partial charge in [0.15, 0.2) is 6.61 Å². The molecule has 0 radical (unpaired) electrons. The summed E-state index contributed by atoms with van der Waals surface area (Å²) in [6.45, 7) is 2.84. The van der Waals surface area contributed by atoms with E-state index in [1.807, 2.05) is 60.8 Å². The van der Waals surface area contributed by atoms with Gasteiger partial charge < -0.3 is 34.8 Å². The summed E-state index contributed by atoms with van der Waals surface area (Å²) in [6, 6.07) is 24.5. The Morgan fingerprint density at radius 3 is 2.59 bits per heavy atom. The van der Waals surface area contributed by atoms with Crippen molar-refractivity contribution in [1.29, 1.82) is 0 Å². The molecule has 1 saturated heterocycles. The van der Waals surface area contributed by atoms with E-state index in [4.69, 9.17) is 14.2 Å². The first kappa shape index (κ1) is 43.8. The van der Waals surface area contributed by atoms with Crippen LogP contribution in [-0.4, -0.2) is 99.6 Å². The van der Waals surface area contributed by atoms with Crippen molar-refractivity contribution in [3.63, 3.8) is 0 Å². The molecule has 6 rings (SSSR count). The normalized spacial score (nSPS) is 21.4. The zero-order valence-electron chi connectivity index (χ0n) is 34.1. The number of nitrogens with zero attached hydrogens (tertiary/aromatic N) is 2. The van der Waals surface area contributed by atoms with Crippen LogP contribution in [0, 0.1) is 11.8 Å². The maximum absolute atomic E-state index is 12.3. The molecule has 59 heavy (non-hydrogen) atoms. The minimum absolute atomic E-state index is 0.0520. The number of aliphatic hydroxyl groups is 3. The van der Waals surface area contributed by atoms with Crippen LogP contribution in [-0.2, 0) is 32.0 Å². The molecule has 5 N–H and O–H groups in total. The van der Waals surface area contributed by atoms with Crippen molar-refractivity contribution in [2.75, 3.05) is 38.2 Å². The predicted octanol–water partition coefficient (Wildman–Crippen LogP) is 6.74. The lowest BCUT2D eigenvalue weighted by Gasteiger charge is -2.33. The van der Waals surface area contributed by atoms with Gasteiger partial charge in [0.2, 0.25) is 0 Å². The van der Waals surface area contributed by atoms with Crippen molar-refractivity contribution in [2.45, 2.75) is 108 Å². The Morgan fingerprint density at radius 2 is 1.73 bits per heavy atom. The first-order chi connectivity index (χ1) is 28.8. The van der Waals surface area contributed by atoms with Gasteiger partial charge in [0.25, 0.3) is 0 Å². The van der Waals surface area contributed by atoms with Crippen LogP contribution in [0.1, 0.15) is 81.8 Å². The van der Waals surface area contributed by atoms with Gasteiger partial charge in [-0.15, -0.1) is 0 Å². The number of aromatic amines is 1. The van der Waals surface area contributed by atoms with E-state index in [9.17, 15) is 24.9 Å². The predicted molar refractivity (Wildman–Crippen MR) is 228 cm³/mol. The number of unbranched alkanes of at least 4 members (excludes halogenated alkanes) is 1. The van der Waals surface area contributed by atoms with Crippen LogP contribution in [0.5, 0.6) is 5.75 Å². The molecular formula is C47H62N4O8. The number of aliphatic hydroxyl groups excluding tert-OH is 3. The lowest BCUT2D eigenvalue weighted by atomic mass is 9.85. The summed E-state index contributed by atoms with van der Waals surface area (Å²) in [7, 11) is 0. The maximum atomic E-state index is 12.3. The van der Waals surface area contributed by atoms with Gasteiger partial charge in [0.1, 0.15) is 5.75 Å². The van der Waals surface area contributed by atoms with E-state index in [0.29, 0.717) is 63.2 Å². The zero-order valence-corrected chi connectivity index (χ0v) is 34.1. The highest BCUT2D eigenvalue weighted by Gasteiger charge is 2.40. The minimum atomic E-state index is -0.566. The number of aryl methyl sites for hydroxylation is 1. The van der Waals surface area contributed by atoms with E-state index in [1.54, 1.807) is 0 Å². The van der Waals surface area contributed by atoms with Gasteiger partial charge >= 0.3 is 11.9 Å². The number of hydrogen-bond donors (Lipinski definition) is 5. The molecule has 3 aromatic carbocycles. The van der Waals surface area contributed by atoms with E-state index >= 15 is 0 Å². The van der Waals surface area contributed by atoms with Gasteiger partial charge in [-0.1, -0.05) is 54.6 Å². The summed E-state index contributed by atoms with van der Waals surface area (Å²) in [4.78, 5) is 27.0. The molecule has 6 atom stereocenters. The number of carbonyl (C=O) groups excluding carboxylic acids is 2. The fourth-order valence-electron chi connectivity index (χ4n) is 8.41. The number of ether oxygens (including phenoxy) is 3. The molecule has 1 aromatic heterocycles. The van der Waals surface area contributed by atoms with Crippen LogP contribution in [0.4, 0.5) is 5.69 Å². The molecule has 1 aliphatic carbocycles. The number of aromatic nitrogens is 2. The number of anilines is 1. The second kappa shape index (κ2) is 23.1. The molecule has 1 saturated carbocycles. The van der Waals surface area contributed by atoms with Crippen LogP contribution in [0.3, 0.4) is 0 Å².